The summed E-state index contributed by atoms with van der Waals surface area (Å²) in [5, 5.41) is 10.5. The van der Waals surface area contributed by atoms with Crippen LogP contribution in [0.2, 0.25) is 0 Å². The van der Waals surface area contributed by atoms with Crippen molar-refractivity contribution in [1.29, 1.82) is 0 Å². The number of carbonyl (C=O) groups is 1. The zero-order valence-corrected chi connectivity index (χ0v) is 9.27. The topological polar surface area (TPSA) is 63.4 Å². The van der Waals surface area contributed by atoms with Gasteiger partial charge < -0.3 is 4.90 Å². The quantitative estimate of drug-likeness (QED) is 0.619. The normalized spacial score (nSPS) is 11.1. The summed E-state index contributed by atoms with van der Waals surface area (Å²) in [5.41, 5.74) is 0.0182. The Kier molecular flexibility index (Phi) is 3.89. The Bertz CT molecular complexity index is 474. The molecule has 0 fully saturated rings. The second-order valence-corrected chi connectivity index (χ2v) is 3.59. The maximum atomic E-state index is 12.1. The predicted molar refractivity (Wildman–Crippen MR) is 55.6 cm³/mol. The van der Waals surface area contributed by atoms with Crippen LogP contribution in [0.25, 0.3) is 0 Å². The number of benzene rings is 1. The van der Waals surface area contributed by atoms with E-state index in [-0.39, 0.29) is 17.8 Å². The molecule has 1 aromatic carbocycles. The first-order valence-corrected chi connectivity index (χ1v) is 4.77. The van der Waals surface area contributed by atoms with Crippen molar-refractivity contribution in [3.05, 3.63) is 39.9 Å². The Morgan fingerprint density at radius 2 is 2.06 bits per heavy atom. The number of amides is 1. The number of alkyl halides is 3. The van der Waals surface area contributed by atoms with Crippen LogP contribution in [0.1, 0.15) is 5.56 Å². The van der Waals surface area contributed by atoms with Gasteiger partial charge in [0.1, 0.15) is 0 Å². The highest BCUT2D eigenvalue weighted by Gasteiger charge is 2.41. The zero-order valence-electron chi connectivity index (χ0n) is 9.27. The van der Waals surface area contributed by atoms with Gasteiger partial charge in [-0.05, 0) is 5.56 Å². The molecule has 0 heterocycles. The van der Waals surface area contributed by atoms with E-state index in [0.717, 1.165) is 13.1 Å². The van der Waals surface area contributed by atoms with Crippen molar-refractivity contribution in [1.82, 2.24) is 4.90 Å². The molecule has 98 valence electrons. The van der Waals surface area contributed by atoms with Gasteiger partial charge in [0, 0.05) is 25.7 Å². The van der Waals surface area contributed by atoms with Crippen molar-refractivity contribution >= 4 is 11.6 Å². The maximum Gasteiger partial charge on any atom is 0.471 e. The van der Waals surface area contributed by atoms with Gasteiger partial charge in [-0.1, -0.05) is 12.1 Å². The molecular weight excluding hydrogens is 253 g/mol. The molecule has 0 unspecified atom stereocenters. The second-order valence-electron chi connectivity index (χ2n) is 3.59. The number of hydrogen-bond donors (Lipinski definition) is 0. The van der Waals surface area contributed by atoms with E-state index in [1.807, 2.05) is 0 Å². The predicted octanol–water partition coefficient (Wildman–Crippen LogP) is 2.12. The molecule has 0 radical (unpaired) electrons. The number of nitro groups is 1. The fourth-order valence-electron chi connectivity index (χ4n) is 1.33. The van der Waals surface area contributed by atoms with E-state index in [2.05, 4.69) is 0 Å². The molecule has 0 aliphatic carbocycles. The third-order valence-corrected chi connectivity index (χ3v) is 2.13. The molecule has 0 aliphatic heterocycles. The summed E-state index contributed by atoms with van der Waals surface area (Å²) in [4.78, 5) is 21.1. The Labute approximate surface area is 100.0 Å². The fraction of sp³-hybridized carbons (Fsp3) is 0.300. The van der Waals surface area contributed by atoms with Gasteiger partial charge in [0.2, 0.25) is 0 Å². The summed E-state index contributed by atoms with van der Waals surface area (Å²) < 4.78 is 36.3. The van der Waals surface area contributed by atoms with Crippen LogP contribution in [0.5, 0.6) is 0 Å². The van der Waals surface area contributed by atoms with Gasteiger partial charge in [-0.3, -0.25) is 14.9 Å². The van der Waals surface area contributed by atoms with Crippen molar-refractivity contribution in [3.63, 3.8) is 0 Å². The average Bonchev–Trinajstić information content (AvgIpc) is 2.27. The molecular formula is C10H9F3N2O3. The number of hydrogen-bond acceptors (Lipinski definition) is 3. The minimum absolute atomic E-state index is 0.236. The minimum Gasteiger partial charge on any atom is -0.334 e. The van der Waals surface area contributed by atoms with Crippen molar-refractivity contribution in [2.24, 2.45) is 0 Å². The molecule has 5 nitrogen and oxygen atoms in total. The Morgan fingerprint density at radius 3 is 2.56 bits per heavy atom. The first-order valence-electron chi connectivity index (χ1n) is 4.77. The summed E-state index contributed by atoms with van der Waals surface area (Å²) in [6.45, 7) is -0.347. The van der Waals surface area contributed by atoms with Crippen LogP contribution in [0.4, 0.5) is 18.9 Å². The van der Waals surface area contributed by atoms with Gasteiger partial charge >= 0.3 is 12.1 Å². The fourth-order valence-corrected chi connectivity index (χ4v) is 1.33. The van der Waals surface area contributed by atoms with Crippen LogP contribution >= 0.6 is 0 Å². The Balaban J connectivity index is 2.82. The van der Waals surface area contributed by atoms with Gasteiger partial charge in [0.25, 0.3) is 5.69 Å². The smallest absolute Gasteiger partial charge is 0.334 e. The average molecular weight is 262 g/mol. The summed E-state index contributed by atoms with van der Waals surface area (Å²) in [7, 11) is 0.981. The zero-order chi connectivity index (χ0) is 13.9. The lowest BCUT2D eigenvalue weighted by molar-refractivity contribution is -0.384. The van der Waals surface area contributed by atoms with Crippen LogP contribution in [-0.4, -0.2) is 29.0 Å². The number of carbonyl (C=O) groups excluding carboxylic acids is 1. The van der Waals surface area contributed by atoms with E-state index < -0.39 is 17.0 Å². The third-order valence-electron chi connectivity index (χ3n) is 2.13. The molecule has 0 bridgehead atoms. The monoisotopic (exact) mass is 262 g/mol. The number of nitrogens with zero attached hydrogens (tertiary/aromatic N) is 2. The van der Waals surface area contributed by atoms with Crippen molar-refractivity contribution in [2.45, 2.75) is 12.7 Å². The van der Waals surface area contributed by atoms with Gasteiger partial charge in [-0.15, -0.1) is 0 Å². The lowest BCUT2D eigenvalue weighted by Gasteiger charge is -2.18. The highest BCUT2D eigenvalue weighted by molar-refractivity contribution is 5.81. The van der Waals surface area contributed by atoms with E-state index >= 15 is 0 Å². The minimum atomic E-state index is -4.95. The molecule has 0 spiro atoms. The maximum absolute atomic E-state index is 12.1. The summed E-state index contributed by atoms with van der Waals surface area (Å²) >= 11 is 0. The third kappa shape index (κ3) is 3.44. The Morgan fingerprint density at radius 1 is 1.44 bits per heavy atom. The van der Waals surface area contributed by atoms with Crippen LogP contribution in [0.15, 0.2) is 24.3 Å². The van der Waals surface area contributed by atoms with Crippen LogP contribution in [0.3, 0.4) is 0 Å². The van der Waals surface area contributed by atoms with Crippen molar-refractivity contribution in [2.75, 3.05) is 7.05 Å². The first-order chi connectivity index (χ1) is 8.21. The standard InChI is InChI=1S/C10H9F3N2O3/c1-14(9(16)10(11,12)13)6-7-3-2-4-8(5-7)15(17)18/h2-5H,6H2,1H3. The Hall–Kier alpha value is -2.12. The number of rotatable bonds is 3. The lowest BCUT2D eigenvalue weighted by atomic mass is 10.2. The van der Waals surface area contributed by atoms with E-state index in [4.69, 9.17) is 0 Å². The number of halogens is 3. The molecule has 1 aromatic rings. The van der Waals surface area contributed by atoms with Gasteiger partial charge in [-0.25, -0.2) is 0 Å². The molecule has 1 rings (SSSR count). The van der Waals surface area contributed by atoms with Crippen LogP contribution < -0.4 is 0 Å². The molecule has 18 heavy (non-hydrogen) atoms. The molecule has 8 heteroatoms. The molecule has 0 saturated heterocycles. The summed E-state index contributed by atoms with van der Waals surface area (Å²) in [5.74, 6) is -1.99. The largest absolute Gasteiger partial charge is 0.471 e. The van der Waals surface area contributed by atoms with Crippen LogP contribution in [0, 0.1) is 10.1 Å². The van der Waals surface area contributed by atoms with Gasteiger partial charge in [0.05, 0.1) is 4.92 Å². The van der Waals surface area contributed by atoms with E-state index in [9.17, 15) is 28.1 Å². The van der Waals surface area contributed by atoms with E-state index in [1.165, 1.54) is 18.2 Å². The second kappa shape index (κ2) is 5.03. The lowest BCUT2D eigenvalue weighted by Crippen LogP contribution is -2.37. The number of non-ortho nitro benzene ring substituents is 1. The number of nitro benzene ring substituents is 1. The first kappa shape index (κ1) is 13.9. The van der Waals surface area contributed by atoms with Crippen molar-refractivity contribution < 1.29 is 22.9 Å². The molecule has 0 aliphatic rings. The highest BCUT2D eigenvalue weighted by atomic mass is 19.4. The van der Waals surface area contributed by atoms with E-state index in [1.54, 1.807) is 0 Å². The molecule has 1 amide bonds. The summed E-state index contributed by atoms with van der Waals surface area (Å²) in [6.07, 6.45) is -4.95. The molecule has 0 N–H and O–H groups in total. The van der Waals surface area contributed by atoms with Gasteiger partial charge in [0.15, 0.2) is 0 Å². The van der Waals surface area contributed by atoms with Crippen LogP contribution in [-0.2, 0) is 11.3 Å². The molecule has 0 atom stereocenters. The van der Waals surface area contributed by atoms with E-state index in [0.29, 0.717) is 4.90 Å². The SMILES string of the molecule is CN(Cc1cccc([N+](=O)[O-])c1)C(=O)C(F)(F)F. The van der Waals surface area contributed by atoms with Gasteiger partial charge in [-0.2, -0.15) is 13.2 Å². The molecule has 0 saturated carbocycles. The summed E-state index contributed by atoms with van der Waals surface area (Å²) in [6, 6.07) is 5.10. The highest BCUT2D eigenvalue weighted by Crippen LogP contribution is 2.20. The molecule has 0 aromatic heterocycles. The van der Waals surface area contributed by atoms with Crippen molar-refractivity contribution in [3.8, 4) is 0 Å².